The van der Waals surface area contributed by atoms with E-state index >= 15 is 0 Å². The number of nitrogens with zero attached hydrogens (tertiary/aromatic N) is 2. The molecule has 0 aliphatic carbocycles. The Kier molecular flexibility index (Phi) is 4.26. The van der Waals surface area contributed by atoms with E-state index < -0.39 is 10.0 Å². The van der Waals surface area contributed by atoms with Gasteiger partial charge in [0.05, 0.1) is 12.2 Å². The maximum atomic E-state index is 12.0. The second-order valence-corrected chi connectivity index (χ2v) is 6.81. The van der Waals surface area contributed by atoms with Gasteiger partial charge in [-0.2, -0.15) is 4.31 Å². The fourth-order valence-corrected chi connectivity index (χ4v) is 3.24. The van der Waals surface area contributed by atoms with Crippen LogP contribution in [0.3, 0.4) is 0 Å². The Bertz CT molecular complexity index is 516. The molecule has 0 saturated carbocycles. The minimum Gasteiger partial charge on any atom is -0.365 e. The molecule has 1 aliphatic heterocycles. The molecule has 1 aromatic rings. The molecule has 6 nitrogen and oxygen atoms in total. The number of aromatic nitrogens is 1. The largest absolute Gasteiger partial charge is 0.365 e. The van der Waals surface area contributed by atoms with Gasteiger partial charge in [0, 0.05) is 38.1 Å². The summed E-state index contributed by atoms with van der Waals surface area (Å²) in [4.78, 5) is 16.7. The number of H-pyrrole nitrogens is 1. The Morgan fingerprint density at radius 3 is 2.53 bits per heavy atom. The van der Waals surface area contributed by atoms with Crippen molar-refractivity contribution in [3.8, 4) is 0 Å². The minimum atomic E-state index is -3.13. The molecule has 7 heteroatoms. The lowest BCUT2D eigenvalue weighted by molar-refractivity contribution is -0.131. The van der Waals surface area contributed by atoms with E-state index in [9.17, 15) is 13.2 Å². The zero-order chi connectivity index (χ0) is 13.9. The van der Waals surface area contributed by atoms with Crippen molar-refractivity contribution in [1.29, 1.82) is 0 Å². The van der Waals surface area contributed by atoms with Crippen LogP contribution in [-0.4, -0.2) is 60.4 Å². The first kappa shape index (κ1) is 14.1. The summed E-state index contributed by atoms with van der Waals surface area (Å²) in [6.07, 6.45) is 2.13. The second kappa shape index (κ2) is 5.75. The van der Waals surface area contributed by atoms with Gasteiger partial charge in [-0.3, -0.25) is 4.79 Å². The zero-order valence-electron chi connectivity index (χ0n) is 11.0. The number of sulfonamides is 1. The van der Waals surface area contributed by atoms with Crippen LogP contribution in [-0.2, 0) is 21.2 Å². The Morgan fingerprint density at radius 2 is 2.00 bits per heavy atom. The molecule has 1 aromatic heterocycles. The summed E-state index contributed by atoms with van der Waals surface area (Å²) in [6.45, 7) is 3.37. The van der Waals surface area contributed by atoms with Crippen LogP contribution in [0.25, 0.3) is 0 Å². The molecule has 106 valence electrons. The average molecular weight is 285 g/mol. The van der Waals surface area contributed by atoms with Crippen LogP contribution in [0.15, 0.2) is 18.3 Å². The molecule has 19 heavy (non-hydrogen) atoms. The number of aromatic amines is 1. The third kappa shape index (κ3) is 3.36. The van der Waals surface area contributed by atoms with Crippen molar-refractivity contribution in [3.05, 3.63) is 24.0 Å². The second-order valence-electron chi connectivity index (χ2n) is 4.55. The fraction of sp³-hybridized carbons (Fsp3) is 0.583. The molecule has 0 atom stereocenters. The third-order valence-electron chi connectivity index (χ3n) is 3.35. The number of hydrogen-bond acceptors (Lipinski definition) is 3. The van der Waals surface area contributed by atoms with Crippen LogP contribution < -0.4 is 0 Å². The summed E-state index contributed by atoms with van der Waals surface area (Å²) >= 11 is 0. The molecule has 1 amide bonds. The highest BCUT2D eigenvalue weighted by molar-refractivity contribution is 7.89. The van der Waals surface area contributed by atoms with Crippen molar-refractivity contribution in [2.75, 3.05) is 31.9 Å². The van der Waals surface area contributed by atoms with Gasteiger partial charge in [-0.15, -0.1) is 0 Å². The van der Waals surface area contributed by atoms with E-state index in [0.717, 1.165) is 5.69 Å². The normalized spacial score (nSPS) is 17.6. The molecular formula is C12H19N3O3S. The lowest BCUT2D eigenvalue weighted by Crippen LogP contribution is -2.51. The number of rotatable bonds is 4. The zero-order valence-corrected chi connectivity index (χ0v) is 11.8. The lowest BCUT2D eigenvalue weighted by Gasteiger charge is -2.33. The smallest absolute Gasteiger partial charge is 0.228 e. The van der Waals surface area contributed by atoms with Crippen LogP contribution in [0.4, 0.5) is 0 Å². The van der Waals surface area contributed by atoms with Crippen molar-refractivity contribution in [3.63, 3.8) is 0 Å². The van der Waals surface area contributed by atoms with Crippen molar-refractivity contribution < 1.29 is 13.2 Å². The quantitative estimate of drug-likeness (QED) is 0.849. The van der Waals surface area contributed by atoms with Gasteiger partial charge >= 0.3 is 0 Å². The van der Waals surface area contributed by atoms with Crippen LogP contribution in [0.1, 0.15) is 12.6 Å². The first-order valence-corrected chi connectivity index (χ1v) is 8.01. The third-order valence-corrected chi connectivity index (χ3v) is 5.24. The molecule has 1 fully saturated rings. The van der Waals surface area contributed by atoms with E-state index in [0.29, 0.717) is 32.6 Å². The van der Waals surface area contributed by atoms with Gasteiger partial charge < -0.3 is 9.88 Å². The fourth-order valence-electron chi connectivity index (χ4n) is 2.15. The molecule has 0 radical (unpaired) electrons. The highest BCUT2D eigenvalue weighted by Crippen LogP contribution is 2.09. The summed E-state index contributed by atoms with van der Waals surface area (Å²) in [6, 6.07) is 3.73. The first-order valence-electron chi connectivity index (χ1n) is 6.41. The Balaban J connectivity index is 1.88. The van der Waals surface area contributed by atoms with Crippen molar-refractivity contribution in [2.45, 2.75) is 13.3 Å². The van der Waals surface area contributed by atoms with Crippen LogP contribution in [0, 0.1) is 0 Å². The summed E-state index contributed by atoms with van der Waals surface area (Å²) in [7, 11) is -3.13. The van der Waals surface area contributed by atoms with Crippen molar-refractivity contribution in [1.82, 2.24) is 14.2 Å². The van der Waals surface area contributed by atoms with Crippen molar-refractivity contribution >= 4 is 15.9 Å². The maximum absolute atomic E-state index is 12.0. The van der Waals surface area contributed by atoms with Gasteiger partial charge in [0.1, 0.15) is 0 Å². The summed E-state index contributed by atoms with van der Waals surface area (Å²) in [5.74, 6) is 0.152. The van der Waals surface area contributed by atoms with Gasteiger partial charge in [0.25, 0.3) is 0 Å². The number of nitrogens with one attached hydrogen (secondary N) is 1. The molecule has 1 aliphatic rings. The molecule has 0 spiro atoms. The number of piperazine rings is 1. The summed E-state index contributed by atoms with van der Waals surface area (Å²) in [5.41, 5.74) is 0.883. The standard InChI is InChI=1S/C12H19N3O3S/c1-2-19(17,18)15-8-6-14(7-9-15)12(16)10-11-4-3-5-13-11/h3-5,13H,2,6-10H2,1H3. The lowest BCUT2D eigenvalue weighted by atomic mass is 10.2. The van der Waals surface area contributed by atoms with Gasteiger partial charge in [0.2, 0.25) is 15.9 Å². The van der Waals surface area contributed by atoms with Crippen LogP contribution in [0.2, 0.25) is 0 Å². The molecule has 1 N–H and O–H groups in total. The molecule has 0 bridgehead atoms. The summed E-state index contributed by atoms with van der Waals surface area (Å²) < 4.78 is 24.9. The monoisotopic (exact) mass is 285 g/mol. The number of amides is 1. The highest BCUT2D eigenvalue weighted by Gasteiger charge is 2.27. The van der Waals surface area contributed by atoms with Crippen molar-refractivity contribution in [2.24, 2.45) is 0 Å². The number of carbonyl (C=O) groups excluding carboxylic acids is 1. The Labute approximate surface area is 113 Å². The maximum Gasteiger partial charge on any atom is 0.228 e. The van der Waals surface area contributed by atoms with E-state index in [1.807, 2.05) is 12.1 Å². The average Bonchev–Trinajstić information content (AvgIpc) is 2.91. The van der Waals surface area contributed by atoms with E-state index in [2.05, 4.69) is 4.98 Å². The molecule has 2 heterocycles. The number of carbonyl (C=O) groups is 1. The van der Waals surface area contributed by atoms with Gasteiger partial charge in [-0.1, -0.05) is 0 Å². The van der Waals surface area contributed by atoms with Gasteiger partial charge in [-0.25, -0.2) is 8.42 Å². The Hall–Kier alpha value is -1.34. The van der Waals surface area contributed by atoms with Crippen LogP contribution in [0.5, 0.6) is 0 Å². The predicted octanol–water partition coefficient (Wildman–Crippen LogP) is 0.0511. The molecule has 0 unspecified atom stereocenters. The Morgan fingerprint density at radius 1 is 1.32 bits per heavy atom. The van der Waals surface area contributed by atoms with E-state index in [4.69, 9.17) is 0 Å². The van der Waals surface area contributed by atoms with Gasteiger partial charge in [-0.05, 0) is 19.1 Å². The molecule has 0 aromatic carbocycles. The predicted molar refractivity (Wildman–Crippen MR) is 72.1 cm³/mol. The van der Waals surface area contributed by atoms with E-state index in [1.165, 1.54) is 4.31 Å². The molecule has 1 saturated heterocycles. The van der Waals surface area contributed by atoms with E-state index in [-0.39, 0.29) is 11.7 Å². The molecular weight excluding hydrogens is 266 g/mol. The summed E-state index contributed by atoms with van der Waals surface area (Å²) in [5, 5.41) is 0. The SMILES string of the molecule is CCS(=O)(=O)N1CCN(C(=O)Cc2ccc[nH]2)CC1. The van der Waals surface area contributed by atoms with E-state index in [1.54, 1.807) is 18.0 Å². The topological polar surface area (TPSA) is 73.5 Å². The van der Waals surface area contributed by atoms with Gasteiger partial charge in [0.15, 0.2) is 0 Å². The number of hydrogen-bond donors (Lipinski definition) is 1. The highest BCUT2D eigenvalue weighted by atomic mass is 32.2. The first-order chi connectivity index (χ1) is 9.03. The molecule has 2 rings (SSSR count). The minimum absolute atomic E-state index is 0.0380. The van der Waals surface area contributed by atoms with Crippen LogP contribution >= 0.6 is 0 Å².